The van der Waals surface area contributed by atoms with E-state index in [1.54, 1.807) is 7.11 Å². The fourth-order valence-electron chi connectivity index (χ4n) is 1.92. The van der Waals surface area contributed by atoms with E-state index in [0.717, 1.165) is 30.9 Å². The fraction of sp³-hybridized carbons (Fsp3) is 0.538. The summed E-state index contributed by atoms with van der Waals surface area (Å²) >= 11 is 0. The summed E-state index contributed by atoms with van der Waals surface area (Å²) in [5.74, 6) is 1.51. The average Bonchev–Trinajstić information content (AvgIpc) is 2.77. The summed E-state index contributed by atoms with van der Waals surface area (Å²) in [7, 11) is 1.64. The minimum Gasteiger partial charge on any atom is -0.493 e. The van der Waals surface area contributed by atoms with E-state index in [9.17, 15) is 0 Å². The molecule has 0 radical (unpaired) electrons. The molecule has 4 heteroatoms. The van der Waals surface area contributed by atoms with Gasteiger partial charge in [0.25, 0.3) is 0 Å². The maximum absolute atomic E-state index is 6.16. The van der Waals surface area contributed by atoms with Crippen LogP contribution in [-0.4, -0.2) is 32.5 Å². The van der Waals surface area contributed by atoms with Crippen LogP contribution in [0.25, 0.3) is 0 Å². The summed E-state index contributed by atoms with van der Waals surface area (Å²) in [6.07, 6.45) is 1.70. The molecule has 1 heterocycles. The van der Waals surface area contributed by atoms with Crippen molar-refractivity contribution in [3.8, 4) is 11.5 Å². The van der Waals surface area contributed by atoms with Gasteiger partial charge in [0.1, 0.15) is 0 Å². The van der Waals surface area contributed by atoms with Gasteiger partial charge in [0, 0.05) is 18.6 Å². The molecule has 17 heavy (non-hydrogen) atoms. The zero-order chi connectivity index (χ0) is 12.1. The number of benzene rings is 1. The lowest BCUT2D eigenvalue weighted by Crippen LogP contribution is -2.41. The first-order chi connectivity index (χ1) is 8.23. The second-order valence-electron chi connectivity index (χ2n) is 4.41. The number of hydrogen-bond acceptors (Lipinski definition) is 4. The van der Waals surface area contributed by atoms with Gasteiger partial charge in [0.15, 0.2) is 11.5 Å². The highest BCUT2D eigenvalue weighted by molar-refractivity contribution is 5.39. The SMILES string of the molecule is COc1ccccc1OCCC1(N)CCOC1. The summed E-state index contributed by atoms with van der Waals surface area (Å²) < 4.78 is 16.2. The first-order valence-corrected chi connectivity index (χ1v) is 5.86. The maximum Gasteiger partial charge on any atom is 0.161 e. The van der Waals surface area contributed by atoms with Crippen LogP contribution in [-0.2, 0) is 4.74 Å². The molecule has 0 bridgehead atoms. The Morgan fingerprint density at radius 1 is 1.35 bits per heavy atom. The van der Waals surface area contributed by atoms with Crippen molar-refractivity contribution >= 4 is 0 Å². The lowest BCUT2D eigenvalue weighted by molar-refractivity contribution is 0.166. The van der Waals surface area contributed by atoms with Gasteiger partial charge in [0.2, 0.25) is 0 Å². The monoisotopic (exact) mass is 237 g/mol. The van der Waals surface area contributed by atoms with Gasteiger partial charge in [-0.15, -0.1) is 0 Å². The van der Waals surface area contributed by atoms with Crippen molar-refractivity contribution < 1.29 is 14.2 Å². The van der Waals surface area contributed by atoms with Gasteiger partial charge in [-0.3, -0.25) is 0 Å². The molecule has 0 spiro atoms. The average molecular weight is 237 g/mol. The van der Waals surface area contributed by atoms with Crippen LogP contribution in [0.1, 0.15) is 12.8 Å². The lowest BCUT2D eigenvalue weighted by atomic mass is 9.97. The van der Waals surface area contributed by atoms with E-state index in [2.05, 4.69) is 0 Å². The molecule has 1 fully saturated rings. The predicted molar refractivity (Wildman–Crippen MR) is 65.5 cm³/mol. The minimum atomic E-state index is -0.220. The Morgan fingerprint density at radius 2 is 2.12 bits per heavy atom. The number of para-hydroxylation sites is 2. The zero-order valence-corrected chi connectivity index (χ0v) is 10.1. The van der Waals surface area contributed by atoms with Crippen molar-refractivity contribution in [3.05, 3.63) is 24.3 Å². The van der Waals surface area contributed by atoms with Crippen molar-refractivity contribution in [2.45, 2.75) is 18.4 Å². The van der Waals surface area contributed by atoms with E-state index >= 15 is 0 Å². The Kier molecular flexibility index (Phi) is 3.86. The molecule has 1 unspecified atom stereocenters. The summed E-state index contributed by atoms with van der Waals surface area (Å²) in [6, 6.07) is 7.62. The molecule has 2 rings (SSSR count). The number of hydrogen-bond donors (Lipinski definition) is 1. The minimum absolute atomic E-state index is 0.220. The molecule has 1 aromatic rings. The van der Waals surface area contributed by atoms with Crippen LogP contribution in [0, 0.1) is 0 Å². The summed E-state index contributed by atoms with van der Waals surface area (Å²) in [4.78, 5) is 0. The third-order valence-corrected chi connectivity index (χ3v) is 3.06. The van der Waals surface area contributed by atoms with Gasteiger partial charge < -0.3 is 19.9 Å². The Labute approximate surface area is 102 Å². The predicted octanol–water partition coefficient (Wildman–Crippen LogP) is 1.58. The molecule has 0 amide bonds. The molecular formula is C13H19NO3. The van der Waals surface area contributed by atoms with Gasteiger partial charge in [-0.2, -0.15) is 0 Å². The van der Waals surface area contributed by atoms with Crippen molar-refractivity contribution in [3.63, 3.8) is 0 Å². The highest BCUT2D eigenvalue weighted by Crippen LogP contribution is 2.27. The smallest absolute Gasteiger partial charge is 0.161 e. The normalized spacial score (nSPS) is 23.6. The van der Waals surface area contributed by atoms with Crippen LogP contribution in [0.5, 0.6) is 11.5 Å². The number of ether oxygens (including phenoxy) is 3. The maximum atomic E-state index is 6.16. The fourth-order valence-corrected chi connectivity index (χ4v) is 1.92. The Balaban J connectivity index is 1.85. The topological polar surface area (TPSA) is 53.7 Å². The van der Waals surface area contributed by atoms with E-state index in [1.165, 1.54) is 0 Å². The van der Waals surface area contributed by atoms with Crippen LogP contribution in [0.3, 0.4) is 0 Å². The Morgan fingerprint density at radius 3 is 2.76 bits per heavy atom. The van der Waals surface area contributed by atoms with Crippen molar-refractivity contribution in [1.82, 2.24) is 0 Å². The largest absolute Gasteiger partial charge is 0.493 e. The lowest BCUT2D eigenvalue weighted by Gasteiger charge is -2.21. The summed E-state index contributed by atoms with van der Waals surface area (Å²) in [6.45, 7) is 1.97. The van der Waals surface area contributed by atoms with Crippen LogP contribution in [0.15, 0.2) is 24.3 Å². The first kappa shape index (κ1) is 12.2. The molecule has 1 aliphatic heterocycles. The van der Waals surface area contributed by atoms with Gasteiger partial charge in [-0.05, 0) is 18.6 Å². The molecule has 1 atom stereocenters. The molecule has 1 aliphatic rings. The molecule has 1 aromatic carbocycles. The first-order valence-electron chi connectivity index (χ1n) is 5.86. The quantitative estimate of drug-likeness (QED) is 0.844. The number of rotatable bonds is 5. The number of nitrogens with two attached hydrogens (primary N) is 1. The molecular weight excluding hydrogens is 218 g/mol. The third-order valence-electron chi connectivity index (χ3n) is 3.06. The highest BCUT2D eigenvalue weighted by Gasteiger charge is 2.30. The second kappa shape index (κ2) is 5.38. The van der Waals surface area contributed by atoms with E-state index in [-0.39, 0.29) is 5.54 Å². The molecule has 0 aromatic heterocycles. The van der Waals surface area contributed by atoms with Crippen LogP contribution < -0.4 is 15.2 Å². The summed E-state index contributed by atoms with van der Waals surface area (Å²) in [5, 5.41) is 0. The van der Waals surface area contributed by atoms with Crippen LogP contribution in [0.2, 0.25) is 0 Å². The molecule has 0 saturated carbocycles. The summed E-state index contributed by atoms with van der Waals surface area (Å²) in [5.41, 5.74) is 5.94. The van der Waals surface area contributed by atoms with Gasteiger partial charge in [-0.1, -0.05) is 12.1 Å². The highest BCUT2D eigenvalue weighted by atomic mass is 16.5. The van der Waals surface area contributed by atoms with Crippen LogP contribution >= 0.6 is 0 Å². The Bertz CT molecular complexity index is 361. The third kappa shape index (κ3) is 3.11. The zero-order valence-electron chi connectivity index (χ0n) is 10.1. The van der Waals surface area contributed by atoms with Crippen LogP contribution in [0.4, 0.5) is 0 Å². The Hall–Kier alpha value is -1.26. The molecule has 0 aliphatic carbocycles. The van der Waals surface area contributed by atoms with Gasteiger partial charge in [0.05, 0.1) is 20.3 Å². The van der Waals surface area contributed by atoms with E-state index in [1.807, 2.05) is 24.3 Å². The second-order valence-corrected chi connectivity index (χ2v) is 4.41. The molecule has 4 nitrogen and oxygen atoms in total. The van der Waals surface area contributed by atoms with Crippen molar-refractivity contribution in [2.75, 3.05) is 26.9 Å². The van der Waals surface area contributed by atoms with E-state index < -0.39 is 0 Å². The number of methoxy groups -OCH3 is 1. The molecule has 1 saturated heterocycles. The van der Waals surface area contributed by atoms with Crippen molar-refractivity contribution in [2.24, 2.45) is 5.73 Å². The molecule has 2 N–H and O–H groups in total. The van der Waals surface area contributed by atoms with E-state index in [0.29, 0.717) is 13.2 Å². The van der Waals surface area contributed by atoms with Crippen molar-refractivity contribution in [1.29, 1.82) is 0 Å². The standard InChI is InChI=1S/C13H19NO3/c1-15-11-4-2-3-5-12(11)17-9-7-13(14)6-8-16-10-13/h2-5H,6-10,14H2,1H3. The van der Waals surface area contributed by atoms with Gasteiger partial charge >= 0.3 is 0 Å². The van der Waals surface area contributed by atoms with Gasteiger partial charge in [-0.25, -0.2) is 0 Å². The molecule has 94 valence electrons. The van der Waals surface area contributed by atoms with E-state index in [4.69, 9.17) is 19.9 Å².